The molecule has 4 rings (SSSR count). The molecule has 0 unspecified atom stereocenters. The molecular weight excluding hydrogens is 372 g/mol. The van der Waals surface area contributed by atoms with Crippen LogP contribution in [0.2, 0.25) is 5.02 Å². The van der Waals surface area contributed by atoms with Crippen LogP contribution in [0.5, 0.6) is 0 Å². The molecule has 0 N–H and O–H groups in total. The number of benzene rings is 1. The molecule has 7 nitrogen and oxygen atoms in total. The standard InChI is InChI=1S/C19H19ClN2O5/c1-11(2)26-19(24)22-14-9-12(20)3-4-13(14)17-15(22)10-16(27-17)18(23)21-5-7-25-8-6-21/h3-4,9-11H,5-8H2,1-2H3. The van der Waals surface area contributed by atoms with Crippen LogP contribution in [0.15, 0.2) is 28.7 Å². The minimum Gasteiger partial charge on any atom is -0.449 e. The van der Waals surface area contributed by atoms with Gasteiger partial charge in [-0.3, -0.25) is 4.79 Å². The lowest BCUT2D eigenvalue weighted by molar-refractivity contribution is 0.0284. The van der Waals surface area contributed by atoms with Crippen LogP contribution in [0.4, 0.5) is 4.79 Å². The third kappa shape index (κ3) is 3.17. The van der Waals surface area contributed by atoms with Crippen molar-refractivity contribution in [1.82, 2.24) is 9.47 Å². The molecule has 0 spiro atoms. The summed E-state index contributed by atoms with van der Waals surface area (Å²) >= 11 is 6.11. The van der Waals surface area contributed by atoms with Gasteiger partial charge in [-0.15, -0.1) is 0 Å². The highest BCUT2D eigenvalue weighted by atomic mass is 35.5. The molecule has 8 heteroatoms. The lowest BCUT2D eigenvalue weighted by atomic mass is 10.2. The van der Waals surface area contributed by atoms with Crippen LogP contribution >= 0.6 is 11.6 Å². The number of carbonyl (C=O) groups excluding carboxylic acids is 2. The van der Waals surface area contributed by atoms with E-state index in [0.29, 0.717) is 53.3 Å². The fourth-order valence-electron chi connectivity index (χ4n) is 3.23. The average molecular weight is 391 g/mol. The quantitative estimate of drug-likeness (QED) is 0.663. The van der Waals surface area contributed by atoms with E-state index in [9.17, 15) is 9.59 Å². The fourth-order valence-corrected chi connectivity index (χ4v) is 3.40. The number of carbonyl (C=O) groups is 2. The molecule has 1 aliphatic rings. The summed E-state index contributed by atoms with van der Waals surface area (Å²) in [7, 11) is 0. The normalized spacial score (nSPS) is 15.0. The van der Waals surface area contributed by atoms with E-state index in [-0.39, 0.29) is 17.8 Å². The summed E-state index contributed by atoms with van der Waals surface area (Å²) in [5, 5.41) is 1.18. The number of ether oxygens (including phenoxy) is 2. The first-order valence-corrected chi connectivity index (χ1v) is 9.15. The second kappa shape index (κ2) is 6.90. The first kappa shape index (κ1) is 17.9. The monoisotopic (exact) mass is 390 g/mol. The molecule has 0 saturated carbocycles. The molecule has 0 atom stereocenters. The van der Waals surface area contributed by atoms with Gasteiger partial charge in [-0.2, -0.15) is 0 Å². The zero-order valence-corrected chi connectivity index (χ0v) is 15.8. The van der Waals surface area contributed by atoms with Gasteiger partial charge in [0.15, 0.2) is 11.3 Å². The Morgan fingerprint density at radius 2 is 1.89 bits per heavy atom. The van der Waals surface area contributed by atoms with Gasteiger partial charge in [0.05, 0.1) is 30.4 Å². The predicted octanol–water partition coefficient (Wildman–Crippen LogP) is 3.91. The van der Waals surface area contributed by atoms with Gasteiger partial charge in [-0.1, -0.05) is 11.6 Å². The van der Waals surface area contributed by atoms with Gasteiger partial charge in [-0.25, -0.2) is 9.36 Å². The summed E-state index contributed by atoms with van der Waals surface area (Å²) in [6.07, 6.45) is -0.830. The maximum atomic E-state index is 12.7. The van der Waals surface area contributed by atoms with Crippen LogP contribution in [0.25, 0.3) is 22.0 Å². The number of nitrogens with zero attached hydrogens (tertiary/aromatic N) is 2. The van der Waals surface area contributed by atoms with Crippen molar-refractivity contribution >= 4 is 45.6 Å². The highest BCUT2D eigenvalue weighted by Crippen LogP contribution is 2.34. The Morgan fingerprint density at radius 3 is 2.59 bits per heavy atom. The van der Waals surface area contributed by atoms with Crippen molar-refractivity contribution in [3.05, 3.63) is 35.0 Å². The van der Waals surface area contributed by atoms with E-state index in [1.54, 1.807) is 43.0 Å². The maximum absolute atomic E-state index is 12.7. The van der Waals surface area contributed by atoms with E-state index in [0.717, 1.165) is 0 Å². The summed E-state index contributed by atoms with van der Waals surface area (Å²) in [6.45, 7) is 5.57. The van der Waals surface area contributed by atoms with Crippen LogP contribution in [0.1, 0.15) is 24.4 Å². The van der Waals surface area contributed by atoms with Gasteiger partial charge >= 0.3 is 6.09 Å². The molecular formula is C19H19ClN2O5. The number of amides is 1. The Morgan fingerprint density at radius 1 is 1.15 bits per heavy atom. The van der Waals surface area contributed by atoms with E-state index >= 15 is 0 Å². The minimum atomic E-state index is -0.543. The summed E-state index contributed by atoms with van der Waals surface area (Å²) in [4.78, 5) is 27.1. The molecule has 27 heavy (non-hydrogen) atoms. The third-order valence-corrected chi connectivity index (χ3v) is 4.66. The van der Waals surface area contributed by atoms with Gasteiger partial charge < -0.3 is 18.8 Å². The molecule has 2 aromatic heterocycles. The van der Waals surface area contributed by atoms with Gasteiger partial charge in [0, 0.05) is 29.6 Å². The minimum absolute atomic E-state index is 0.185. The van der Waals surface area contributed by atoms with Crippen LogP contribution in [-0.4, -0.2) is 53.9 Å². The van der Waals surface area contributed by atoms with Crippen molar-refractivity contribution in [3.63, 3.8) is 0 Å². The first-order valence-electron chi connectivity index (χ1n) is 8.77. The molecule has 1 fully saturated rings. The van der Waals surface area contributed by atoms with Crippen LogP contribution < -0.4 is 0 Å². The number of furan rings is 1. The van der Waals surface area contributed by atoms with Gasteiger partial charge in [0.2, 0.25) is 0 Å². The second-order valence-corrected chi connectivity index (χ2v) is 7.10. The zero-order valence-electron chi connectivity index (χ0n) is 15.0. The van der Waals surface area contributed by atoms with Crippen molar-refractivity contribution in [1.29, 1.82) is 0 Å². The van der Waals surface area contributed by atoms with Crippen LogP contribution in [0, 0.1) is 0 Å². The summed E-state index contributed by atoms with van der Waals surface area (Å²) in [5.74, 6) is -0.0368. The molecule has 3 aromatic rings. The van der Waals surface area contributed by atoms with Crippen molar-refractivity contribution < 1.29 is 23.5 Å². The SMILES string of the molecule is CC(C)OC(=O)n1c2cc(Cl)ccc2c2oc(C(=O)N3CCOCC3)cc21. The Bertz CT molecular complexity index is 1030. The second-order valence-electron chi connectivity index (χ2n) is 6.66. The van der Waals surface area contributed by atoms with Crippen molar-refractivity contribution in [2.45, 2.75) is 20.0 Å². The first-order chi connectivity index (χ1) is 13.0. The largest absolute Gasteiger partial charge is 0.449 e. The maximum Gasteiger partial charge on any atom is 0.419 e. The Hall–Kier alpha value is -2.51. The Labute approximate surface area is 160 Å². The number of fused-ring (bicyclic) bond motifs is 3. The lowest BCUT2D eigenvalue weighted by Gasteiger charge is -2.25. The molecule has 0 bridgehead atoms. The van der Waals surface area contributed by atoms with E-state index in [2.05, 4.69) is 0 Å². The van der Waals surface area contributed by atoms with E-state index in [1.165, 1.54) is 4.57 Å². The van der Waals surface area contributed by atoms with E-state index in [4.69, 9.17) is 25.5 Å². The number of hydrogen-bond acceptors (Lipinski definition) is 5. The Balaban J connectivity index is 1.84. The molecule has 0 radical (unpaired) electrons. The number of hydrogen-bond donors (Lipinski definition) is 0. The van der Waals surface area contributed by atoms with Crippen molar-refractivity contribution in [2.24, 2.45) is 0 Å². The average Bonchev–Trinajstić information content (AvgIpc) is 3.17. The summed E-state index contributed by atoms with van der Waals surface area (Å²) < 4.78 is 17.9. The summed E-state index contributed by atoms with van der Waals surface area (Å²) in [6, 6.07) is 6.75. The van der Waals surface area contributed by atoms with E-state index in [1.807, 2.05) is 0 Å². The molecule has 1 saturated heterocycles. The van der Waals surface area contributed by atoms with Gasteiger partial charge in [0.1, 0.15) is 0 Å². The number of aromatic nitrogens is 1. The highest BCUT2D eigenvalue weighted by Gasteiger charge is 2.27. The number of rotatable bonds is 2. The van der Waals surface area contributed by atoms with Crippen LogP contribution in [-0.2, 0) is 9.47 Å². The molecule has 0 aliphatic carbocycles. The number of halogens is 1. The fraction of sp³-hybridized carbons (Fsp3) is 0.368. The van der Waals surface area contributed by atoms with Gasteiger partial charge in [0.25, 0.3) is 5.91 Å². The lowest BCUT2D eigenvalue weighted by Crippen LogP contribution is -2.40. The molecule has 1 aromatic carbocycles. The molecule has 3 heterocycles. The Kier molecular flexibility index (Phi) is 4.57. The summed E-state index contributed by atoms with van der Waals surface area (Å²) in [5.41, 5.74) is 1.51. The molecule has 1 aliphatic heterocycles. The smallest absolute Gasteiger partial charge is 0.419 e. The third-order valence-electron chi connectivity index (χ3n) is 4.43. The predicted molar refractivity (Wildman–Crippen MR) is 100 cm³/mol. The zero-order chi connectivity index (χ0) is 19.1. The van der Waals surface area contributed by atoms with Gasteiger partial charge in [-0.05, 0) is 32.0 Å². The topological polar surface area (TPSA) is 73.9 Å². The van der Waals surface area contributed by atoms with Crippen molar-refractivity contribution in [3.8, 4) is 0 Å². The highest BCUT2D eigenvalue weighted by molar-refractivity contribution is 6.31. The molecule has 1 amide bonds. The van der Waals surface area contributed by atoms with Crippen molar-refractivity contribution in [2.75, 3.05) is 26.3 Å². The number of morpholine rings is 1. The van der Waals surface area contributed by atoms with E-state index < -0.39 is 6.09 Å². The van der Waals surface area contributed by atoms with Crippen LogP contribution in [0.3, 0.4) is 0 Å². The molecule has 142 valence electrons.